The fraction of sp³-hybridized carbons (Fsp3) is 0.444. The van der Waals surface area contributed by atoms with Gasteiger partial charge in [0, 0.05) is 19.3 Å². The summed E-state index contributed by atoms with van der Waals surface area (Å²) < 4.78 is 19.9. The van der Waals surface area contributed by atoms with Crippen LogP contribution in [0.5, 0.6) is 0 Å². The average Bonchev–Trinajstić information content (AvgIpc) is 3.14. The monoisotopic (exact) mass is 481 g/mol. The van der Waals surface area contributed by atoms with Gasteiger partial charge in [0.25, 0.3) is 0 Å². The second kappa shape index (κ2) is 10.6. The minimum absolute atomic E-state index is 0.0479. The van der Waals surface area contributed by atoms with Crippen LogP contribution in [-0.2, 0) is 38.6 Å². The van der Waals surface area contributed by atoms with E-state index in [0.717, 1.165) is 29.7 Å². The summed E-state index contributed by atoms with van der Waals surface area (Å²) in [6.45, 7) is 3.65. The third-order valence-electron chi connectivity index (χ3n) is 6.92. The standard InChI is InChI=1S/C27H32FN3O4/c1-16-9-10-18(13-21(16)28)15-35-17(2)22(11-12-24(29)32)30-27(34)23-14-20-7-3-5-19-6-4-8-25(33)31(23)26(19)20/h3,5,7,9-10,13,17,22-23H,4,6,8,11-12,14-15H2,1-2H3,(H2,29,32)(H,30,34)/t17-,22+,23+/m1/s1. The fourth-order valence-corrected chi connectivity index (χ4v) is 4.91. The number of nitrogens with two attached hydrogens (primary N) is 1. The molecule has 8 heteroatoms. The van der Waals surface area contributed by atoms with Crippen LogP contribution in [0.15, 0.2) is 36.4 Å². The highest BCUT2D eigenvalue weighted by Crippen LogP contribution is 2.39. The zero-order valence-electron chi connectivity index (χ0n) is 20.2. The quantitative estimate of drug-likeness (QED) is 0.575. The lowest BCUT2D eigenvalue weighted by Crippen LogP contribution is -2.53. The molecular formula is C27H32FN3O4. The highest BCUT2D eigenvalue weighted by Gasteiger charge is 2.41. The van der Waals surface area contributed by atoms with Gasteiger partial charge in [0.1, 0.15) is 11.9 Å². The molecule has 0 saturated carbocycles. The van der Waals surface area contributed by atoms with Crippen LogP contribution < -0.4 is 16.0 Å². The van der Waals surface area contributed by atoms with E-state index in [4.69, 9.17) is 10.5 Å². The molecule has 2 aromatic carbocycles. The molecule has 0 spiro atoms. The van der Waals surface area contributed by atoms with Crippen molar-refractivity contribution in [2.45, 2.75) is 77.2 Å². The number of nitrogens with zero attached hydrogens (tertiary/aromatic N) is 1. The van der Waals surface area contributed by atoms with Crippen LogP contribution in [0.1, 0.15) is 54.9 Å². The summed E-state index contributed by atoms with van der Waals surface area (Å²) in [6, 6.07) is 9.72. The number of ether oxygens (including phenoxy) is 1. The van der Waals surface area contributed by atoms with Crippen molar-refractivity contribution in [2.75, 3.05) is 4.90 Å². The summed E-state index contributed by atoms with van der Waals surface area (Å²) in [7, 11) is 0. The third kappa shape index (κ3) is 5.53. The van der Waals surface area contributed by atoms with Gasteiger partial charge in [-0.1, -0.05) is 30.3 Å². The van der Waals surface area contributed by atoms with Crippen molar-refractivity contribution in [3.8, 4) is 0 Å². The number of amides is 3. The lowest BCUT2D eigenvalue weighted by Gasteiger charge is -2.29. The minimum Gasteiger partial charge on any atom is -0.372 e. The van der Waals surface area contributed by atoms with Gasteiger partial charge in [-0.2, -0.15) is 0 Å². The Balaban J connectivity index is 1.48. The number of carbonyl (C=O) groups excluding carboxylic acids is 3. The third-order valence-corrected chi connectivity index (χ3v) is 6.92. The number of hydrogen-bond acceptors (Lipinski definition) is 4. The number of carbonyl (C=O) groups is 3. The van der Waals surface area contributed by atoms with Gasteiger partial charge in [0.15, 0.2) is 0 Å². The van der Waals surface area contributed by atoms with E-state index in [-0.39, 0.29) is 30.7 Å². The maximum atomic E-state index is 13.9. The number of anilines is 1. The van der Waals surface area contributed by atoms with E-state index in [2.05, 4.69) is 5.32 Å². The molecule has 2 aliphatic rings. The molecule has 0 radical (unpaired) electrons. The van der Waals surface area contributed by atoms with Gasteiger partial charge in [0.05, 0.1) is 24.4 Å². The van der Waals surface area contributed by atoms with Crippen LogP contribution >= 0.6 is 0 Å². The Morgan fingerprint density at radius 1 is 1.23 bits per heavy atom. The highest BCUT2D eigenvalue weighted by atomic mass is 19.1. The predicted molar refractivity (Wildman–Crippen MR) is 130 cm³/mol. The Labute approximate surface area is 204 Å². The number of primary amides is 1. The van der Waals surface area contributed by atoms with Crippen LogP contribution in [0, 0.1) is 12.7 Å². The molecule has 7 nitrogen and oxygen atoms in total. The molecule has 35 heavy (non-hydrogen) atoms. The molecule has 3 amide bonds. The lowest BCUT2D eigenvalue weighted by atomic mass is 10.0. The van der Waals surface area contributed by atoms with Gasteiger partial charge in [-0.15, -0.1) is 0 Å². The van der Waals surface area contributed by atoms with Crippen LogP contribution in [-0.4, -0.2) is 35.9 Å². The largest absolute Gasteiger partial charge is 0.372 e. The molecule has 2 aliphatic heterocycles. The zero-order valence-corrected chi connectivity index (χ0v) is 20.2. The summed E-state index contributed by atoms with van der Waals surface area (Å²) in [5.74, 6) is -1.11. The Morgan fingerprint density at radius 2 is 2.00 bits per heavy atom. The van der Waals surface area contributed by atoms with Crippen LogP contribution in [0.25, 0.3) is 0 Å². The van der Waals surface area contributed by atoms with E-state index in [9.17, 15) is 18.8 Å². The zero-order chi connectivity index (χ0) is 25.1. The number of hydrogen-bond donors (Lipinski definition) is 2. The molecule has 3 N–H and O–H groups in total. The Hall–Kier alpha value is -3.26. The van der Waals surface area contributed by atoms with Crippen molar-refractivity contribution < 1.29 is 23.5 Å². The first-order valence-corrected chi connectivity index (χ1v) is 12.1. The van der Waals surface area contributed by atoms with E-state index in [1.807, 2.05) is 18.2 Å². The molecule has 0 aromatic heterocycles. The maximum absolute atomic E-state index is 13.9. The minimum atomic E-state index is -0.647. The van der Waals surface area contributed by atoms with Crippen molar-refractivity contribution in [1.29, 1.82) is 0 Å². The van der Waals surface area contributed by atoms with E-state index in [0.29, 0.717) is 30.4 Å². The molecular weight excluding hydrogens is 449 g/mol. The van der Waals surface area contributed by atoms with E-state index in [1.165, 1.54) is 6.07 Å². The molecule has 0 fully saturated rings. The first-order chi connectivity index (χ1) is 16.7. The predicted octanol–water partition coefficient (Wildman–Crippen LogP) is 3.08. The summed E-state index contributed by atoms with van der Waals surface area (Å²) in [5, 5.41) is 3.01. The molecule has 0 bridgehead atoms. The number of aryl methyl sites for hydroxylation is 2. The molecule has 0 aliphatic carbocycles. The van der Waals surface area contributed by atoms with Crippen molar-refractivity contribution in [1.82, 2.24) is 5.32 Å². The van der Waals surface area contributed by atoms with Crippen LogP contribution in [0.2, 0.25) is 0 Å². The summed E-state index contributed by atoms with van der Waals surface area (Å²) >= 11 is 0. The van der Waals surface area contributed by atoms with E-state index >= 15 is 0 Å². The normalized spacial score (nSPS) is 18.5. The number of nitrogens with one attached hydrogen (secondary N) is 1. The topological polar surface area (TPSA) is 102 Å². The first-order valence-electron chi connectivity index (χ1n) is 12.1. The molecule has 186 valence electrons. The van der Waals surface area contributed by atoms with Gasteiger partial charge in [-0.05, 0) is 61.4 Å². The molecule has 4 rings (SSSR count). The summed E-state index contributed by atoms with van der Waals surface area (Å²) in [5.41, 5.74) is 9.55. The number of benzene rings is 2. The van der Waals surface area contributed by atoms with Crippen molar-refractivity contribution in [3.63, 3.8) is 0 Å². The maximum Gasteiger partial charge on any atom is 0.243 e. The molecule has 2 heterocycles. The van der Waals surface area contributed by atoms with Crippen LogP contribution in [0.4, 0.5) is 10.1 Å². The molecule has 3 atom stereocenters. The molecule has 2 aromatic rings. The number of halogens is 1. The summed E-state index contributed by atoms with van der Waals surface area (Å²) in [6.07, 6.45) is 2.31. The first kappa shape index (κ1) is 24.9. The molecule has 0 saturated heterocycles. The van der Waals surface area contributed by atoms with E-state index in [1.54, 1.807) is 30.9 Å². The van der Waals surface area contributed by atoms with Gasteiger partial charge < -0.3 is 15.8 Å². The van der Waals surface area contributed by atoms with Crippen molar-refractivity contribution in [3.05, 3.63) is 64.5 Å². The summed E-state index contributed by atoms with van der Waals surface area (Å²) in [4.78, 5) is 39.5. The van der Waals surface area contributed by atoms with Gasteiger partial charge >= 0.3 is 0 Å². The molecule has 0 unspecified atom stereocenters. The fourth-order valence-electron chi connectivity index (χ4n) is 4.91. The number of para-hydroxylation sites is 1. The Morgan fingerprint density at radius 3 is 2.74 bits per heavy atom. The SMILES string of the molecule is Cc1ccc(CO[C@H](C)[C@H](CCC(N)=O)NC(=O)[C@@H]2Cc3cccc4c3N2C(=O)CCC4)cc1F. The number of rotatable bonds is 9. The lowest BCUT2D eigenvalue weighted by molar-refractivity contribution is -0.128. The Kier molecular flexibility index (Phi) is 7.50. The van der Waals surface area contributed by atoms with Crippen molar-refractivity contribution in [2.24, 2.45) is 5.73 Å². The highest BCUT2D eigenvalue weighted by molar-refractivity contribution is 6.04. The van der Waals surface area contributed by atoms with Crippen molar-refractivity contribution >= 4 is 23.4 Å². The second-order valence-corrected chi connectivity index (χ2v) is 9.48. The van der Waals surface area contributed by atoms with E-state index < -0.39 is 24.1 Å². The smallest absolute Gasteiger partial charge is 0.243 e. The van der Waals surface area contributed by atoms with Gasteiger partial charge in [-0.3, -0.25) is 19.3 Å². The Bertz CT molecular complexity index is 1140. The van der Waals surface area contributed by atoms with Gasteiger partial charge in [-0.25, -0.2) is 4.39 Å². The van der Waals surface area contributed by atoms with Gasteiger partial charge in [0.2, 0.25) is 17.7 Å². The van der Waals surface area contributed by atoms with Crippen LogP contribution in [0.3, 0.4) is 0 Å². The second-order valence-electron chi connectivity index (χ2n) is 9.48. The average molecular weight is 482 g/mol.